The molecule has 3 aromatic rings. The molecule has 0 aliphatic heterocycles. The lowest BCUT2D eigenvalue weighted by Gasteiger charge is -2.02. The highest BCUT2D eigenvalue weighted by atomic mass is 16.5. The number of carbonyl (C=O) groups is 1. The molecule has 0 saturated heterocycles. The first kappa shape index (κ1) is 13.2. The van der Waals surface area contributed by atoms with Gasteiger partial charge in [0.2, 0.25) is 5.76 Å². The second-order valence-corrected chi connectivity index (χ2v) is 4.66. The Balaban J connectivity index is 1.64. The number of esters is 1. The van der Waals surface area contributed by atoms with E-state index in [2.05, 4.69) is 4.98 Å². The molecule has 5 heteroatoms. The van der Waals surface area contributed by atoms with E-state index in [0.29, 0.717) is 17.7 Å². The van der Waals surface area contributed by atoms with Gasteiger partial charge in [-0.05, 0) is 35.9 Å². The molecule has 3 rings (SSSR count). The van der Waals surface area contributed by atoms with E-state index < -0.39 is 5.97 Å². The van der Waals surface area contributed by atoms with Gasteiger partial charge in [-0.3, -0.25) is 4.98 Å². The third-order valence-electron chi connectivity index (χ3n) is 3.09. The predicted molar refractivity (Wildman–Crippen MR) is 78.8 cm³/mol. The second kappa shape index (κ2) is 5.66. The van der Waals surface area contributed by atoms with Crippen molar-refractivity contribution in [3.8, 4) is 0 Å². The number of hydrogen-bond acceptors (Lipinski definition) is 5. The molecule has 0 radical (unpaired) electrons. The summed E-state index contributed by atoms with van der Waals surface area (Å²) in [5.74, 6) is -0.296. The third kappa shape index (κ3) is 3.02. The van der Waals surface area contributed by atoms with Crippen LogP contribution in [0.4, 0.5) is 5.69 Å². The fourth-order valence-corrected chi connectivity index (χ4v) is 2.04. The minimum absolute atomic E-state index is 0.182. The Bertz CT molecular complexity index is 766. The van der Waals surface area contributed by atoms with Crippen LogP contribution in [0.1, 0.15) is 16.1 Å². The summed E-state index contributed by atoms with van der Waals surface area (Å²) in [5, 5.41) is 0.786. The summed E-state index contributed by atoms with van der Waals surface area (Å²) in [4.78, 5) is 15.9. The monoisotopic (exact) mass is 282 g/mol. The predicted octanol–water partition coefficient (Wildman–Crippen LogP) is 2.81. The van der Waals surface area contributed by atoms with Crippen LogP contribution in [0.25, 0.3) is 11.0 Å². The highest BCUT2D eigenvalue weighted by Crippen LogP contribution is 2.22. The van der Waals surface area contributed by atoms with Gasteiger partial charge < -0.3 is 14.9 Å². The zero-order chi connectivity index (χ0) is 14.7. The first-order valence-corrected chi connectivity index (χ1v) is 6.57. The SMILES string of the molecule is Nc1ccc2oc(C(=O)OCCc3cccnc3)cc2c1. The molecule has 0 atom stereocenters. The molecule has 0 spiro atoms. The Labute approximate surface area is 121 Å². The number of nitrogen functional groups attached to an aromatic ring is 1. The molecular weight excluding hydrogens is 268 g/mol. The zero-order valence-corrected chi connectivity index (χ0v) is 11.3. The number of pyridine rings is 1. The fourth-order valence-electron chi connectivity index (χ4n) is 2.04. The van der Waals surface area contributed by atoms with Gasteiger partial charge in [-0.15, -0.1) is 0 Å². The smallest absolute Gasteiger partial charge is 0.374 e. The number of furan rings is 1. The number of ether oxygens (including phenoxy) is 1. The van der Waals surface area contributed by atoms with Crippen LogP contribution in [-0.2, 0) is 11.2 Å². The molecular formula is C16H14N2O3. The molecule has 0 fully saturated rings. The summed E-state index contributed by atoms with van der Waals surface area (Å²) in [7, 11) is 0. The van der Waals surface area contributed by atoms with Crippen molar-refractivity contribution in [1.29, 1.82) is 0 Å². The summed E-state index contributed by atoms with van der Waals surface area (Å²) in [6.45, 7) is 0.281. The van der Waals surface area contributed by atoms with Gasteiger partial charge in [-0.2, -0.15) is 0 Å². The van der Waals surface area contributed by atoms with Crippen molar-refractivity contribution in [2.24, 2.45) is 0 Å². The van der Waals surface area contributed by atoms with Crippen LogP contribution in [0.5, 0.6) is 0 Å². The molecule has 0 unspecified atom stereocenters. The second-order valence-electron chi connectivity index (χ2n) is 4.66. The summed E-state index contributed by atoms with van der Waals surface area (Å²) >= 11 is 0. The maximum Gasteiger partial charge on any atom is 0.374 e. The van der Waals surface area contributed by atoms with Gasteiger partial charge in [-0.25, -0.2) is 4.79 Å². The topological polar surface area (TPSA) is 78.3 Å². The number of aromatic nitrogens is 1. The van der Waals surface area contributed by atoms with Crippen molar-refractivity contribution in [3.63, 3.8) is 0 Å². The summed E-state index contributed by atoms with van der Waals surface area (Å²) in [6, 6.07) is 10.6. The molecule has 106 valence electrons. The highest BCUT2D eigenvalue weighted by Gasteiger charge is 2.13. The lowest BCUT2D eigenvalue weighted by atomic mass is 10.2. The Hall–Kier alpha value is -2.82. The minimum atomic E-state index is -0.478. The van der Waals surface area contributed by atoms with Gasteiger partial charge in [0.15, 0.2) is 0 Å². The van der Waals surface area contributed by atoms with Crippen LogP contribution >= 0.6 is 0 Å². The van der Waals surface area contributed by atoms with Crippen LogP contribution in [0.3, 0.4) is 0 Å². The van der Waals surface area contributed by atoms with E-state index in [-0.39, 0.29) is 12.4 Å². The number of benzene rings is 1. The highest BCUT2D eigenvalue weighted by molar-refractivity contribution is 5.93. The lowest BCUT2D eigenvalue weighted by Crippen LogP contribution is -2.07. The van der Waals surface area contributed by atoms with Gasteiger partial charge in [-0.1, -0.05) is 6.07 Å². The van der Waals surface area contributed by atoms with Crippen molar-refractivity contribution in [2.75, 3.05) is 12.3 Å². The van der Waals surface area contributed by atoms with Crippen LogP contribution < -0.4 is 5.73 Å². The van der Waals surface area contributed by atoms with Gasteiger partial charge >= 0.3 is 5.97 Å². The van der Waals surface area contributed by atoms with Gasteiger partial charge in [0.1, 0.15) is 5.58 Å². The number of hydrogen-bond donors (Lipinski definition) is 1. The van der Waals surface area contributed by atoms with Crippen molar-refractivity contribution >= 4 is 22.6 Å². The number of carbonyl (C=O) groups excluding carboxylic acids is 1. The molecule has 2 N–H and O–H groups in total. The molecule has 1 aromatic carbocycles. The number of anilines is 1. The summed E-state index contributed by atoms with van der Waals surface area (Å²) in [5.41, 5.74) is 7.95. The maximum absolute atomic E-state index is 11.9. The van der Waals surface area contributed by atoms with Crippen LogP contribution in [0.15, 0.2) is 53.2 Å². The first-order valence-electron chi connectivity index (χ1n) is 6.57. The molecule has 5 nitrogen and oxygen atoms in total. The van der Waals surface area contributed by atoms with E-state index in [1.165, 1.54) is 0 Å². The van der Waals surface area contributed by atoms with Crippen molar-refractivity contribution < 1.29 is 13.9 Å². The average Bonchev–Trinajstić information content (AvgIpc) is 2.91. The third-order valence-corrected chi connectivity index (χ3v) is 3.09. The summed E-state index contributed by atoms with van der Waals surface area (Å²) in [6.07, 6.45) is 4.07. The van der Waals surface area contributed by atoms with Crippen LogP contribution in [0.2, 0.25) is 0 Å². The molecule has 0 aliphatic rings. The largest absolute Gasteiger partial charge is 0.459 e. The standard InChI is InChI=1S/C16H14N2O3/c17-13-3-4-14-12(8-13)9-15(21-14)16(19)20-7-5-11-2-1-6-18-10-11/h1-4,6,8-10H,5,7,17H2. The Morgan fingerprint density at radius 3 is 3.00 bits per heavy atom. The quantitative estimate of drug-likeness (QED) is 0.588. The molecule has 0 amide bonds. The average molecular weight is 282 g/mol. The van der Waals surface area contributed by atoms with E-state index in [1.54, 1.807) is 36.7 Å². The number of rotatable bonds is 4. The molecule has 0 saturated carbocycles. The van der Waals surface area contributed by atoms with Gasteiger partial charge in [0, 0.05) is 29.9 Å². The summed E-state index contributed by atoms with van der Waals surface area (Å²) < 4.78 is 10.6. The van der Waals surface area contributed by atoms with E-state index in [0.717, 1.165) is 10.9 Å². The zero-order valence-electron chi connectivity index (χ0n) is 11.3. The van der Waals surface area contributed by atoms with E-state index >= 15 is 0 Å². The van der Waals surface area contributed by atoms with Crippen molar-refractivity contribution in [3.05, 3.63) is 60.1 Å². The van der Waals surface area contributed by atoms with E-state index in [4.69, 9.17) is 14.9 Å². The van der Waals surface area contributed by atoms with Gasteiger partial charge in [0.25, 0.3) is 0 Å². The fraction of sp³-hybridized carbons (Fsp3) is 0.125. The maximum atomic E-state index is 11.9. The number of fused-ring (bicyclic) bond motifs is 1. The molecule has 0 aliphatic carbocycles. The molecule has 2 heterocycles. The minimum Gasteiger partial charge on any atom is -0.459 e. The molecule has 2 aromatic heterocycles. The van der Waals surface area contributed by atoms with Crippen molar-refractivity contribution in [1.82, 2.24) is 4.98 Å². The number of nitrogens with two attached hydrogens (primary N) is 1. The van der Waals surface area contributed by atoms with Crippen molar-refractivity contribution in [2.45, 2.75) is 6.42 Å². The van der Waals surface area contributed by atoms with Gasteiger partial charge in [0.05, 0.1) is 6.61 Å². The van der Waals surface area contributed by atoms with Crippen LogP contribution in [-0.4, -0.2) is 17.6 Å². The Morgan fingerprint density at radius 1 is 1.29 bits per heavy atom. The lowest BCUT2D eigenvalue weighted by molar-refractivity contribution is 0.0475. The normalized spacial score (nSPS) is 10.7. The molecule has 21 heavy (non-hydrogen) atoms. The van der Waals surface area contributed by atoms with E-state index in [1.807, 2.05) is 12.1 Å². The first-order chi connectivity index (χ1) is 10.2. The molecule has 0 bridgehead atoms. The van der Waals surface area contributed by atoms with Crippen LogP contribution in [0, 0.1) is 0 Å². The number of nitrogens with zero attached hydrogens (tertiary/aromatic N) is 1. The van der Waals surface area contributed by atoms with E-state index in [9.17, 15) is 4.79 Å². The Kier molecular flexibility index (Phi) is 3.55. The Morgan fingerprint density at radius 2 is 2.19 bits per heavy atom.